The predicted molar refractivity (Wildman–Crippen MR) is 79.8 cm³/mol. The zero-order valence-electron chi connectivity index (χ0n) is 11.5. The van der Waals surface area contributed by atoms with Crippen molar-refractivity contribution in [2.24, 2.45) is 0 Å². The van der Waals surface area contributed by atoms with E-state index in [2.05, 4.69) is 10.3 Å². The van der Waals surface area contributed by atoms with Gasteiger partial charge in [-0.25, -0.2) is 4.39 Å². The Morgan fingerprint density at radius 3 is 2.86 bits per heavy atom. The number of hydrogen-bond donors (Lipinski definition) is 1. The fraction of sp³-hybridized carbons (Fsp3) is 0.312. The van der Waals surface area contributed by atoms with Crippen molar-refractivity contribution >= 4 is 11.6 Å². The molecule has 1 aliphatic rings. The van der Waals surface area contributed by atoms with Crippen LogP contribution in [0.2, 0.25) is 5.02 Å². The number of benzene rings is 1. The predicted octanol–water partition coefficient (Wildman–Crippen LogP) is 3.71. The Morgan fingerprint density at radius 1 is 1.29 bits per heavy atom. The smallest absolute Gasteiger partial charge is 0.142 e. The van der Waals surface area contributed by atoms with Gasteiger partial charge in [-0.05, 0) is 31.0 Å². The van der Waals surface area contributed by atoms with Crippen LogP contribution in [0.4, 0.5) is 4.39 Å². The van der Waals surface area contributed by atoms with Crippen LogP contribution in [0.3, 0.4) is 0 Å². The van der Waals surface area contributed by atoms with Crippen molar-refractivity contribution in [2.45, 2.75) is 32.0 Å². The third-order valence-electron chi connectivity index (χ3n) is 3.37. The minimum atomic E-state index is -0.433. The van der Waals surface area contributed by atoms with Crippen LogP contribution in [-0.2, 0) is 13.2 Å². The van der Waals surface area contributed by atoms with Gasteiger partial charge in [-0.3, -0.25) is 4.98 Å². The summed E-state index contributed by atoms with van der Waals surface area (Å²) in [6, 6.07) is 9.15. The summed E-state index contributed by atoms with van der Waals surface area (Å²) in [6.45, 7) is 0.999. The molecule has 0 amide bonds. The van der Waals surface area contributed by atoms with Crippen LogP contribution in [0, 0.1) is 5.82 Å². The van der Waals surface area contributed by atoms with Gasteiger partial charge in [-0.15, -0.1) is 0 Å². The molecule has 1 heterocycles. The van der Waals surface area contributed by atoms with Crippen molar-refractivity contribution < 1.29 is 9.13 Å². The molecule has 3 nitrogen and oxygen atoms in total. The van der Waals surface area contributed by atoms with E-state index in [-0.39, 0.29) is 11.6 Å². The summed E-state index contributed by atoms with van der Waals surface area (Å²) in [5, 5.41) is 3.51. The van der Waals surface area contributed by atoms with Crippen molar-refractivity contribution in [2.75, 3.05) is 0 Å². The van der Waals surface area contributed by atoms with E-state index in [4.69, 9.17) is 16.3 Å². The van der Waals surface area contributed by atoms with Gasteiger partial charge in [0, 0.05) is 18.2 Å². The Labute approximate surface area is 128 Å². The first kappa shape index (κ1) is 14.3. The van der Waals surface area contributed by atoms with E-state index in [1.54, 1.807) is 18.3 Å². The molecule has 0 saturated heterocycles. The standard InChI is InChI=1S/C16H16ClFN2O/c17-16-11(2-1-3-15(16)18)10-21-14-7-6-13(20-9-14)8-19-12-4-5-12/h1-3,6-7,9,12,19H,4-5,8,10H2. The molecule has 1 fully saturated rings. The van der Waals surface area contributed by atoms with Crippen molar-refractivity contribution in [3.8, 4) is 5.75 Å². The average Bonchev–Trinajstić information content (AvgIpc) is 3.32. The number of pyridine rings is 1. The molecule has 2 aromatic rings. The van der Waals surface area contributed by atoms with Crippen molar-refractivity contribution in [3.63, 3.8) is 0 Å². The van der Waals surface area contributed by atoms with Crippen LogP contribution in [0.1, 0.15) is 24.1 Å². The number of aromatic nitrogens is 1. The summed E-state index contributed by atoms with van der Waals surface area (Å²) < 4.78 is 18.9. The van der Waals surface area contributed by atoms with Crippen LogP contribution in [0.15, 0.2) is 36.5 Å². The average molecular weight is 307 g/mol. The van der Waals surface area contributed by atoms with Gasteiger partial charge in [0.25, 0.3) is 0 Å². The van der Waals surface area contributed by atoms with Crippen LogP contribution in [-0.4, -0.2) is 11.0 Å². The summed E-state index contributed by atoms with van der Waals surface area (Å²) >= 11 is 5.88. The van der Waals surface area contributed by atoms with E-state index in [0.717, 1.165) is 12.2 Å². The van der Waals surface area contributed by atoms with E-state index in [1.807, 2.05) is 12.1 Å². The molecule has 1 saturated carbocycles. The number of nitrogens with zero attached hydrogens (tertiary/aromatic N) is 1. The number of hydrogen-bond acceptors (Lipinski definition) is 3. The summed E-state index contributed by atoms with van der Waals surface area (Å²) in [7, 11) is 0. The summed E-state index contributed by atoms with van der Waals surface area (Å²) in [6.07, 6.45) is 4.20. The molecule has 1 aromatic carbocycles. The molecule has 1 aromatic heterocycles. The summed E-state index contributed by atoms with van der Waals surface area (Å²) in [5.74, 6) is 0.211. The normalized spacial score (nSPS) is 14.2. The number of ether oxygens (including phenoxy) is 1. The van der Waals surface area contributed by atoms with Crippen molar-refractivity contribution in [3.05, 3.63) is 58.6 Å². The third kappa shape index (κ3) is 3.93. The maximum atomic E-state index is 13.3. The van der Waals surface area contributed by atoms with Crippen LogP contribution < -0.4 is 10.1 Å². The van der Waals surface area contributed by atoms with Gasteiger partial charge in [0.15, 0.2) is 0 Å². The van der Waals surface area contributed by atoms with Crippen LogP contribution in [0.25, 0.3) is 0 Å². The zero-order valence-corrected chi connectivity index (χ0v) is 12.2. The van der Waals surface area contributed by atoms with E-state index >= 15 is 0 Å². The highest BCUT2D eigenvalue weighted by Crippen LogP contribution is 2.22. The molecule has 0 atom stereocenters. The second-order valence-corrected chi connectivity index (χ2v) is 5.52. The Kier molecular flexibility index (Phi) is 4.36. The monoisotopic (exact) mass is 306 g/mol. The fourth-order valence-electron chi connectivity index (χ4n) is 1.96. The van der Waals surface area contributed by atoms with E-state index in [1.165, 1.54) is 18.9 Å². The Balaban J connectivity index is 1.56. The minimum absolute atomic E-state index is 0.107. The van der Waals surface area contributed by atoms with Crippen LogP contribution in [0.5, 0.6) is 5.75 Å². The largest absolute Gasteiger partial charge is 0.487 e. The molecule has 110 valence electrons. The molecule has 0 spiro atoms. The topological polar surface area (TPSA) is 34.1 Å². The first-order valence-electron chi connectivity index (χ1n) is 6.96. The first-order chi connectivity index (χ1) is 10.2. The van der Waals surface area contributed by atoms with Gasteiger partial charge in [0.2, 0.25) is 0 Å². The second kappa shape index (κ2) is 6.41. The summed E-state index contributed by atoms with van der Waals surface area (Å²) in [4.78, 5) is 4.34. The lowest BCUT2D eigenvalue weighted by Gasteiger charge is -2.09. The Morgan fingerprint density at radius 2 is 2.14 bits per heavy atom. The maximum absolute atomic E-state index is 13.3. The lowest BCUT2D eigenvalue weighted by molar-refractivity contribution is 0.304. The highest BCUT2D eigenvalue weighted by molar-refractivity contribution is 6.31. The molecule has 0 unspecified atom stereocenters. The van der Waals surface area contributed by atoms with Gasteiger partial charge in [-0.1, -0.05) is 23.7 Å². The maximum Gasteiger partial charge on any atom is 0.142 e. The molecule has 0 bridgehead atoms. The lowest BCUT2D eigenvalue weighted by atomic mass is 10.2. The highest BCUT2D eigenvalue weighted by Gasteiger charge is 2.20. The quantitative estimate of drug-likeness (QED) is 0.883. The van der Waals surface area contributed by atoms with Gasteiger partial charge in [0.05, 0.1) is 16.9 Å². The Hall–Kier alpha value is -1.65. The van der Waals surface area contributed by atoms with E-state index in [0.29, 0.717) is 17.4 Å². The van der Waals surface area contributed by atoms with Crippen LogP contribution >= 0.6 is 11.6 Å². The Bertz CT molecular complexity index is 614. The van der Waals surface area contributed by atoms with Gasteiger partial charge >= 0.3 is 0 Å². The number of rotatable bonds is 6. The lowest BCUT2D eigenvalue weighted by Crippen LogP contribution is -2.16. The number of halogens is 2. The number of nitrogens with one attached hydrogen (secondary N) is 1. The SMILES string of the molecule is Fc1cccc(COc2ccc(CNC3CC3)nc2)c1Cl. The first-order valence-corrected chi connectivity index (χ1v) is 7.34. The molecule has 0 radical (unpaired) electrons. The molecule has 21 heavy (non-hydrogen) atoms. The van der Waals surface area contributed by atoms with Gasteiger partial charge in [0.1, 0.15) is 18.2 Å². The van der Waals surface area contributed by atoms with E-state index < -0.39 is 5.82 Å². The molecule has 3 rings (SSSR count). The van der Waals surface area contributed by atoms with Crippen molar-refractivity contribution in [1.82, 2.24) is 10.3 Å². The third-order valence-corrected chi connectivity index (χ3v) is 3.80. The molecule has 0 aliphatic heterocycles. The minimum Gasteiger partial charge on any atom is -0.487 e. The zero-order chi connectivity index (χ0) is 14.7. The van der Waals surface area contributed by atoms with E-state index in [9.17, 15) is 4.39 Å². The molecular formula is C16H16ClFN2O. The molecule has 5 heteroatoms. The molecular weight excluding hydrogens is 291 g/mol. The fourth-order valence-corrected chi connectivity index (χ4v) is 2.14. The molecule has 1 N–H and O–H groups in total. The second-order valence-electron chi connectivity index (χ2n) is 5.14. The van der Waals surface area contributed by atoms with Gasteiger partial charge < -0.3 is 10.1 Å². The molecule has 1 aliphatic carbocycles. The highest BCUT2D eigenvalue weighted by atomic mass is 35.5. The summed E-state index contributed by atoms with van der Waals surface area (Å²) in [5.41, 5.74) is 1.61. The van der Waals surface area contributed by atoms with Gasteiger partial charge in [-0.2, -0.15) is 0 Å². The van der Waals surface area contributed by atoms with Crippen molar-refractivity contribution in [1.29, 1.82) is 0 Å².